The minimum Gasteiger partial charge on any atom is -0.380 e. The van der Waals surface area contributed by atoms with Crippen molar-refractivity contribution in [1.82, 2.24) is 4.90 Å². The molecule has 20 heavy (non-hydrogen) atoms. The molecule has 2 amide bonds. The lowest BCUT2D eigenvalue weighted by Crippen LogP contribution is -2.38. The lowest BCUT2D eigenvalue weighted by molar-refractivity contribution is -0.223. The fourth-order valence-electron chi connectivity index (χ4n) is 2.50. The molecule has 7 heteroatoms. The summed E-state index contributed by atoms with van der Waals surface area (Å²) in [7, 11) is 0. The Labute approximate surface area is 111 Å². The van der Waals surface area contributed by atoms with Crippen LogP contribution in [0.1, 0.15) is 27.1 Å². The largest absolute Gasteiger partial charge is 0.417 e. The van der Waals surface area contributed by atoms with E-state index in [1.54, 1.807) is 12.1 Å². The molecule has 0 unspecified atom stereocenters. The van der Waals surface area contributed by atoms with E-state index in [-0.39, 0.29) is 11.1 Å². The van der Waals surface area contributed by atoms with Crippen LogP contribution < -0.4 is 0 Å². The summed E-state index contributed by atoms with van der Waals surface area (Å²) < 4.78 is 37.7. The number of aliphatic hydroxyl groups is 1. The molecule has 1 aliphatic heterocycles. The molecule has 1 fully saturated rings. The van der Waals surface area contributed by atoms with Gasteiger partial charge >= 0.3 is 6.18 Å². The van der Waals surface area contributed by atoms with E-state index < -0.39 is 42.5 Å². The van der Waals surface area contributed by atoms with Gasteiger partial charge in [0.05, 0.1) is 11.1 Å². The van der Waals surface area contributed by atoms with Crippen LogP contribution in [0.2, 0.25) is 0 Å². The molecule has 4 nitrogen and oxygen atoms in total. The van der Waals surface area contributed by atoms with Crippen LogP contribution in [0.5, 0.6) is 0 Å². The summed E-state index contributed by atoms with van der Waals surface area (Å²) in [5.41, 5.74) is -2.40. The van der Waals surface area contributed by atoms with Crippen LogP contribution in [0.25, 0.3) is 0 Å². The highest BCUT2D eigenvalue weighted by Crippen LogP contribution is 2.54. The number of carbonyl (C=O) groups excluding carboxylic acids is 2. The summed E-state index contributed by atoms with van der Waals surface area (Å²) in [6.45, 7) is -0.414. The summed E-state index contributed by atoms with van der Waals surface area (Å²) in [5, 5.41) is 9.40. The molecule has 1 aromatic rings. The number of nitrogens with zero attached hydrogens (tertiary/aromatic N) is 1. The summed E-state index contributed by atoms with van der Waals surface area (Å²) >= 11 is 0. The number of amides is 2. The van der Waals surface area contributed by atoms with Crippen LogP contribution in [0.4, 0.5) is 13.2 Å². The zero-order chi connectivity index (χ0) is 14.7. The second-order valence-corrected chi connectivity index (χ2v) is 5.09. The van der Waals surface area contributed by atoms with Gasteiger partial charge < -0.3 is 5.11 Å². The summed E-state index contributed by atoms with van der Waals surface area (Å²) in [5.74, 6) is -2.37. The predicted molar refractivity (Wildman–Crippen MR) is 60.9 cm³/mol. The molecule has 1 aliphatic carbocycles. The molecular formula is C13H10F3NO3. The number of carbonyl (C=O) groups is 2. The minimum absolute atomic E-state index is 0.189. The maximum Gasteiger partial charge on any atom is 0.417 e. The van der Waals surface area contributed by atoms with E-state index >= 15 is 0 Å². The number of hydrogen-bond acceptors (Lipinski definition) is 3. The number of rotatable bonds is 2. The van der Waals surface area contributed by atoms with E-state index in [2.05, 4.69) is 0 Å². The molecule has 2 aliphatic rings. The van der Waals surface area contributed by atoms with Crippen molar-refractivity contribution in [1.29, 1.82) is 0 Å². The molecule has 0 spiro atoms. The zero-order valence-corrected chi connectivity index (χ0v) is 10.1. The fraction of sp³-hybridized carbons (Fsp3) is 0.385. The molecule has 106 valence electrons. The molecule has 1 aromatic carbocycles. The van der Waals surface area contributed by atoms with Crippen molar-refractivity contribution >= 4 is 11.8 Å². The van der Waals surface area contributed by atoms with Gasteiger partial charge in [0.2, 0.25) is 0 Å². The Morgan fingerprint density at radius 1 is 1.20 bits per heavy atom. The van der Waals surface area contributed by atoms with E-state index in [0.717, 1.165) is 4.90 Å². The maximum atomic E-state index is 12.6. The zero-order valence-electron chi connectivity index (χ0n) is 10.1. The average molecular weight is 285 g/mol. The minimum atomic E-state index is -4.74. The number of fused-ring (bicyclic) bond motifs is 1. The molecule has 0 bridgehead atoms. The normalized spacial score (nSPS) is 28.8. The second-order valence-electron chi connectivity index (χ2n) is 5.09. The Balaban J connectivity index is 1.79. The first-order valence-corrected chi connectivity index (χ1v) is 6.00. The standard InChI is InChI=1S/C13H10F3NO3/c14-13(15,16)12(20)5-7(12)6-17-10(18)8-3-1-2-4-9(8)11(17)19/h1-4,7,20H,5-6H2/t7-,12+/m0/s1. The summed E-state index contributed by atoms with van der Waals surface area (Å²) in [6, 6.07) is 6.07. The summed E-state index contributed by atoms with van der Waals surface area (Å²) in [6.07, 6.45) is -5.22. The van der Waals surface area contributed by atoms with Gasteiger partial charge in [-0.2, -0.15) is 13.2 Å². The number of alkyl halides is 3. The van der Waals surface area contributed by atoms with E-state index in [9.17, 15) is 27.9 Å². The SMILES string of the molecule is O=C1c2ccccc2C(=O)N1C[C@@H]1C[C@]1(O)C(F)(F)F. The van der Waals surface area contributed by atoms with E-state index in [1.165, 1.54) is 12.1 Å². The van der Waals surface area contributed by atoms with Crippen molar-refractivity contribution in [3.05, 3.63) is 35.4 Å². The van der Waals surface area contributed by atoms with Crippen molar-refractivity contribution < 1.29 is 27.9 Å². The number of benzene rings is 1. The molecule has 1 saturated carbocycles. The quantitative estimate of drug-likeness (QED) is 0.840. The molecule has 2 atom stereocenters. The lowest BCUT2D eigenvalue weighted by atomic mass is 10.1. The Bertz CT molecular complexity index is 578. The van der Waals surface area contributed by atoms with Crippen molar-refractivity contribution in [2.45, 2.75) is 18.2 Å². The molecule has 0 aromatic heterocycles. The highest BCUT2D eigenvalue weighted by atomic mass is 19.4. The Morgan fingerprint density at radius 3 is 2.10 bits per heavy atom. The monoisotopic (exact) mass is 285 g/mol. The highest BCUT2D eigenvalue weighted by Gasteiger charge is 2.70. The molecule has 0 saturated heterocycles. The van der Waals surface area contributed by atoms with E-state index in [0.29, 0.717) is 0 Å². The van der Waals surface area contributed by atoms with Gasteiger partial charge in [-0.1, -0.05) is 12.1 Å². The van der Waals surface area contributed by atoms with Crippen LogP contribution in [0.3, 0.4) is 0 Å². The van der Waals surface area contributed by atoms with Gasteiger partial charge in [0, 0.05) is 12.5 Å². The first-order valence-electron chi connectivity index (χ1n) is 6.00. The van der Waals surface area contributed by atoms with E-state index in [1.807, 2.05) is 0 Å². The third-order valence-electron chi connectivity index (χ3n) is 3.84. The van der Waals surface area contributed by atoms with Gasteiger partial charge in [0.15, 0.2) is 5.60 Å². The Hall–Kier alpha value is -1.89. The number of hydrogen-bond donors (Lipinski definition) is 1. The van der Waals surface area contributed by atoms with Crippen molar-refractivity contribution in [3.8, 4) is 0 Å². The highest BCUT2D eigenvalue weighted by molar-refractivity contribution is 6.21. The Kier molecular flexibility index (Phi) is 2.50. The van der Waals surface area contributed by atoms with Crippen LogP contribution >= 0.6 is 0 Å². The molecule has 3 rings (SSSR count). The number of halogens is 3. The van der Waals surface area contributed by atoms with Gasteiger partial charge in [-0.3, -0.25) is 14.5 Å². The van der Waals surface area contributed by atoms with Gasteiger partial charge in [-0.15, -0.1) is 0 Å². The molecule has 0 radical (unpaired) electrons. The van der Waals surface area contributed by atoms with Crippen LogP contribution in [0, 0.1) is 5.92 Å². The smallest absolute Gasteiger partial charge is 0.380 e. The third kappa shape index (κ3) is 1.66. The topological polar surface area (TPSA) is 57.6 Å². The van der Waals surface area contributed by atoms with Gasteiger partial charge in [0.1, 0.15) is 0 Å². The molecule has 1 heterocycles. The summed E-state index contributed by atoms with van der Waals surface area (Å²) in [4.78, 5) is 24.7. The van der Waals surface area contributed by atoms with Gasteiger partial charge in [-0.25, -0.2) is 0 Å². The second kappa shape index (κ2) is 3.82. The van der Waals surface area contributed by atoms with Crippen LogP contribution in [-0.2, 0) is 0 Å². The van der Waals surface area contributed by atoms with Gasteiger partial charge in [-0.05, 0) is 18.6 Å². The maximum absolute atomic E-state index is 12.6. The van der Waals surface area contributed by atoms with E-state index in [4.69, 9.17) is 0 Å². The van der Waals surface area contributed by atoms with Crippen molar-refractivity contribution in [3.63, 3.8) is 0 Å². The van der Waals surface area contributed by atoms with Crippen LogP contribution in [-0.4, -0.2) is 40.1 Å². The fourth-order valence-corrected chi connectivity index (χ4v) is 2.50. The predicted octanol–water partition coefficient (Wildman–Crippen LogP) is 1.60. The Morgan fingerprint density at radius 2 is 1.70 bits per heavy atom. The van der Waals surface area contributed by atoms with Crippen molar-refractivity contribution in [2.75, 3.05) is 6.54 Å². The first-order chi connectivity index (χ1) is 9.25. The number of imide groups is 1. The molecule has 1 N–H and O–H groups in total. The third-order valence-corrected chi connectivity index (χ3v) is 3.84. The van der Waals surface area contributed by atoms with Crippen LogP contribution in [0.15, 0.2) is 24.3 Å². The van der Waals surface area contributed by atoms with Gasteiger partial charge in [0.25, 0.3) is 11.8 Å². The first kappa shape index (κ1) is 13.1. The molecular weight excluding hydrogens is 275 g/mol. The average Bonchev–Trinajstić information content (AvgIpc) is 3.00. The lowest BCUT2D eigenvalue weighted by Gasteiger charge is -2.18. The van der Waals surface area contributed by atoms with Crippen molar-refractivity contribution in [2.24, 2.45) is 5.92 Å².